The number of hydrogen-bond donors (Lipinski definition) is 5. The van der Waals surface area contributed by atoms with Gasteiger partial charge in [0.25, 0.3) is 0 Å². The zero-order valence-electron chi connectivity index (χ0n) is 13.6. The number of benzene rings is 1. The normalized spacial score (nSPS) is 28.4. The van der Waals surface area contributed by atoms with Crippen molar-refractivity contribution in [1.82, 2.24) is 0 Å². The molecular weight excluding hydrogens is 370 g/mol. The van der Waals surface area contributed by atoms with Crippen LogP contribution in [-0.4, -0.2) is 75.5 Å². The molecule has 9 nitrogen and oxygen atoms in total. The van der Waals surface area contributed by atoms with Crippen molar-refractivity contribution in [3.63, 3.8) is 0 Å². The van der Waals surface area contributed by atoms with Crippen LogP contribution < -0.4 is 5.32 Å². The maximum absolute atomic E-state index is 12.0. The van der Waals surface area contributed by atoms with E-state index in [0.29, 0.717) is 18.0 Å². The van der Waals surface area contributed by atoms with E-state index in [2.05, 4.69) is 5.32 Å². The van der Waals surface area contributed by atoms with Gasteiger partial charge in [-0.1, -0.05) is 12.1 Å². The minimum atomic E-state index is -1.84. The second-order valence-electron chi connectivity index (χ2n) is 5.71. The first-order valence-electron chi connectivity index (χ1n) is 7.84. The van der Waals surface area contributed by atoms with Gasteiger partial charge in [-0.2, -0.15) is 0 Å². The molecule has 0 spiro atoms. The molecule has 1 aliphatic rings. The lowest BCUT2D eigenvalue weighted by Gasteiger charge is -2.37. The Balaban J connectivity index is 1.94. The van der Waals surface area contributed by atoms with Gasteiger partial charge in [-0.3, -0.25) is 4.79 Å². The Morgan fingerprint density at radius 3 is 2.35 bits per heavy atom. The van der Waals surface area contributed by atoms with E-state index in [1.807, 2.05) is 0 Å². The van der Waals surface area contributed by atoms with Crippen LogP contribution in [0.4, 0.5) is 5.69 Å². The first-order valence-corrected chi connectivity index (χ1v) is 8.37. The molecule has 1 aromatic carbocycles. The fourth-order valence-corrected chi connectivity index (χ4v) is 2.51. The lowest BCUT2D eigenvalue weighted by molar-refractivity contribution is -0.286. The van der Waals surface area contributed by atoms with E-state index in [4.69, 9.17) is 26.2 Å². The van der Waals surface area contributed by atoms with Crippen LogP contribution in [0.5, 0.6) is 0 Å². The third-order valence-corrected chi connectivity index (χ3v) is 3.98. The molecule has 0 aliphatic carbocycles. The summed E-state index contributed by atoms with van der Waals surface area (Å²) in [5.41, 5.74) is 1.45. The molecule has 0 radical (unpaired) electrons. The van der Waals surface area contributed by atoms with Crippen LogP contribution in [0.2, 0.25) is 0 Å². The number of carboxylic acid groups (broad SMARTS) is 1. The van der Waals surface area contributed by atoms with Crippen LogP contribution in [0.1, 0.15) is 5.56 Å². The van der Waals surface area contributed by atoms with Crippen molar-refractivity contribution in [2.75, 3.05) is 17.7 Å². The predicted octanol–water partition coefficient (Wildman–Crippen LogP) is -0.685. The molecular formula is C16H20ClNO8. The van der Waals surface area contributed by atoms with Crippen molar-refractivity contribution in [3.8, 4) is 0 Å². The number of carboxylic acids is 1. The Bertz CT molecular complexity index is 625. The highest BCUT2D eigenvalue weighted by Crippen LogP contribution is 2.23. The van der Waals surface area contributed by atoms with E-state index in [1.165, 1.54) is 0 Å². The molecule has 26 heavy (non-hydrogen) atoms. The summed E-state index contributed by atoms with van der Waals surface area (Å²) in [7, 11) is 0. The summed E-state index contributed by atoms with van der Waals surface area (Å²) in [6.45, 7) is 0.596. The van der Waals surface area contributed by atoms with Gasteiger partial charge in [0.1, 0.15) is 18.3 Å². The van der Waals surface area contributed by atoms with Crippen LogP contribution in [0, 0.1) is 0 Å². The van der Waals surface area contributed by atoms with Gasteiger partial charge in [0.05, 0.1) is 6.42 Å². The minimum Gasteiger partial charge on any atom is -0.479 e. The monoisotopic (exact) mass is 389 g/mol. The molecule has 0 aromatic heterocycles. The molecule has 10 heteroatoms. The number of nitrogens with one attached hydrogen (secondary N) is 1. The number of aliphatic hydroxyl groups excluding tert-OH is 3. The van der Waals surface area contributed by atoms with Gasteiger partial charge in [-0.05, 0) is 17.7 Å². The van der Waals surface area contributed by atoms with E-state index >= 15 is 0 Å². The number of esters is 1. The predicted molar refractivity (Wildman–Crippen MR) is 89.8 cm³/mol. The first-order chi connectivity index (χ1) is 12.3. The Morgan fingerprint density at radius 2 is 1.77 bits per heavy atom. The van der Waals surface area contributed by atoms with E-state index in [-0.39, 0.29) is 6.42 Å². The summed E-state index contributed by atoms with van der Waals surface area (Å²) in [5, 5.41) is 41.1. The van der Waals surface area contributed by atoms with Gasteiger partial charge in [0, 0.05) is 18.1 Å². The molecule has 5 atom stereocenters. The van der Waals surface area contributed by atoms with Crippen molar-refractivity contribution >= 4 is 29.2 Å². The third-order valence-electron chi connectivity index (χ3n) is 3.79. The van der Waals surface area contributed by atoms with E-state index in [0.717, 1.165) is 5.69 Å². The highest BCUT2D eigenvalue weighted by atomic mass is 35.5. The molecule has 5 unspecified atom stereocenters. The lowest BCUT2D eigenvalue weighted by Crippen LogP contribution is -2.60. The topological polar surface area (TPSA) is 146 Å². The van der Waals surface area contributed by atoms with Gasteiger partial charge in [-0.15, -0.1) is 11.6 Å². The van der Waals surface area contributed by atoms with Crippen LogP contribution in [0.15, 0.2) is 24.3 Å². The molecule has 0 saturated carbocycles. The van der Waals surface area contributed by atoms with E-state index < -0.39 is 42.6 Å². The largest absolute Gasteiger partial charge is 0.479 e. The molecule has 5 N–H and O–H groups in total. The van der Waals surface area contributed by atoms with Gasteiger partial charge in [-0.25, -0.2) is 4.79 Å². The van der Waals surface area contributed by atoms with Crippen LogP contribution in [0.3, 0.4) is 0 Å². The number of aliphatic hydroxyl groups is 3. The van der Waals surface area contributed by atoms with Crippen molar-refractivity contribution in [2.45, 2.75) is 37.1 Å². The average molecular weight is 390 g/mol. The summed E-state index contributed by atoms with van der Waals surface area (Å²) >= 11 is 5.58. The van der Waals surface area contributed by atoms with Crippen molar-refractivity contribution in [3.05, 3.63) is 29.8 Å². The fraction of sp³-hybridized carbons (Fsp3) is 0.500. The van der Waals surface area contributed by atoms with Crippen molar-refractivity contribution in [1.29, 1.82) is 0 Å². The number of ether oxygens (including phenoxy) is 2. The smallest absolute Gasteiger partial charge is 0.335 e. The first kappa shape index (κ1) is 20.4. The zero-order valence-corrected chi connectivity index (χ0v) is 14.4. The quantitative estimate of drug-likeness (QED) is 0.302. The highest BCUT2D eigenvalue weighted by Gasteiger charge is 2.48. The maximum atomic E-state index is 12.0. The second kappa shape index (κ2) is 9.15. The van der Waals surface area contributed by atoms with Crippen LogP contribution in [-0.2, 0) is 25.5 Å². The SMILES string of the molecule is O=C(Cc1ccc(NCCCl)cc1)OC1OC(C(=O)O)C(O)C(O)C1O. The summed E-state index contributed by atoms with van der Waals surface area (Å²) < 4.78 is 9.81. The minimum absolute atomic E-state index is 0.154. The lowest BCUT2D eigenvalue weighted by atomic mass is 9.99. The molecule has 1 fully saturated rings. The molecule has 0 bridgehead atoms. The second-order valence-corrected chi connectivity index (χ2v) is 6.09. The Labute approximate surface area is 154 Å². The zero-order chi connectivity index (χ0) is 19.3. The van der Waals surface area contributed by atoms with Crippen LogP contribution >= 0.6 is 11.6 Å². The summed E-state index contributed by atoms with van der Waals surface area (Å²) in [6, 6.07) is 6.88. The molecule has 2 rings (SSSR count). The van der Waals surface area contributed by atoms with Gasteiger partial charge < -0.3 is 35.2 Å². The Hall–Kier alpha value is -1.91. The number of aliphatic carboxylic acids is 1. The van der Waals surface area contributed by atoms with Gasteiger partial charge in [0.2, 0.25) is 6.29 Å². The standard InChI is InChI=1S/C16H20ClNO8/c17-5-6-18-9-3-1-8(2-4-9)7-10(19)25-16-13(22)11(20)12(21)14(26-16)15(23)24/h1-4,11-14,16,18,20-22H,5-7H2,(H,23,24). The average Bonchev–Trinajstić information content (AvgIpc) is 2.61. The Morgan fingerprint density at radius 1 is 1.12 bits per heavy atom. The number of hydrogen-bond acceptors (Lipinski definition) is 8. The molecule has 1 saturated heterocycles. The number of rotatable bonds is 7. The maximum Gasteiger partial charge on any atom is 0.335 e. The molecule has 1 aliphatic heterocycles. The van der Waals surface area contributed by atoms with Gasteiger partial charge >= 0.3 is 11.9 Å². The number of alkyl halides is 1. The number of carbonyl (C=O) groups excluding carboxylic acids is 1. The molecule has 0 amide bonds. The van der Waals surface area contributed by atoms with Crippen molar-refractivity contribution < 1.29 is 39.5 Å². The summed E-state index contributed by atoms with van der Waals surface area (Å²) in [6.07, 6.45) is -9.11. The molecule has 1 heterocycles. The Kier molecular flexibility index (Phi) is 7.18. The number of anilines is 1. The summed E-state index contributed by atoms with van der Waals surface area (Å²) in [4.78, 5) is 23.0. The summed E-state index contributed by atoms with van der Waals surface area (Å²) in [5.74, 6) is -1.89. The highest BCUT2D eigenvalue weighted by molar-refractivity contribution is 6.18. The van der Waals surface area contributed by atoms with Gasteiger partial charge in [0.15, 0.2) is 6.10 Å². The third kappa shape index (κ3) is 5.05. The fourth-order valence-electron chi connectivity index (χ4n) is 2.42. The number of halogens is 1. The van der Waals surface area contributed by atoms with E-state index in [1.54, 1.807) is 24.3 Å². The molecule has 144 valence electrons. The van der Waals surface area contributed by atoms with E-state index in [9.17, 15) is 24.9 Å². The molecule has 1 aromatic rings. The number of carbonyl (C=O) groups is 2. The van der Waals surface area contributed by atoms with Crippen molar-refractivity contribution in [2.24, 2.45) is 0 Å². The van der Waals surface area contributed by atoms with Crippen LogP contribution in [0.25, 0.3) is 0 Å².